The summed E-state index contributed by atoms with van der Waals surface area (Å²) in [7, 11) is -3.83. The third-order valence-electron chi connectivity index (χ3n) is 4.35. The Hall–Kier alpha value is -2.34. The lowest BCUT2D eigenvalue weighted by atomic mass is 10.1. The summed E-state index contributed by atoms with van der Waals surface area (Å²) in [6.07, 6.45) is 3.85. The summed E-state index contributed by atoms with van der Waals surface area (Å²) in [5.74, 6) is -0.301. The van der Waals surface area contributed by atoms with E-state index in [4.69, 9.17) is 0 Å². The van der Waals surface area contributed by atoms with Crippen LogP contribution in [0.4, 0.5) is 5.69 Å². The van der Waals surface area contributed by atoms with Crippen LogP contribution >= 0.6 is 0 Å². The number of amides is 1. The van der Waals surface area contributed by atoms with Crippen molar-refractivity contribution in [1.29, 1.82) is 0 Å². The molecule has 0 heterocycles. The molecule has 0 aliphatic carbocycles. The maximum Gasteiger partial charge on any atom is 0.264 e. The van der Waals surface area contributed by atoms with Gasteiger partial charge >= 0.3 is 0 Å². The first-order valence-corrected chi connectivity index (χ1v) is 10.9. The highest BCUT2D eigenvalue weighted by atomic mass is 32.2. The van der Waals surface area contributed by atoms with Gasteiger partial charge < -0.3 is 5.32 Å². The summed E-state index contributed by atoms with van der Waals surface area (Å²) in [6.45, 7) is 4.45. The topological polar surface area (TPSA) is 66.5 Å². The lowest BCUT2D eigenvalue weighted by Gasteiger charge is -2.24. The molecule has 0 bridgehead atoms. The van der Waals surface area contributed by atoms with Crippen LogP contribution < -0.4 is 9.62 Å². The van der Waals surface area contributed by atoms with Gasteiger partial charge in [0, 0.05) is 6.54 Å². The standard InChI is InChI=1S/C21H28N2O3S/c1-3-5-9-16-22-21(24)17-23(19-14-12-18(4-2)13-15-19)27(25,26)20-10-7-6-8-11-20/h6-8,10-15H,3-5,9,16-17H2,1-2H3,(H,22,24). The normalized spacial score (nSPS) is 11.2. The zero-order chi connectivity index (χ0) is 19.7. The van der Waals surface area contributed by atoms with Crippen LogP contribution in [0, 0.1) is 0 Å². The van der Waals surface area contributed by atoms with E-state index in [1.807, 2.05) is 19.1 Å². The molecule has 0 aliphatic heterocycles. The highest BCUT2D eigenvalue weighted by Crippen LogP contribution is 2.24. The first-order chi connectivity index (χ1) is 13.0. The molecule has 0 spiro atoms. The zero-order valence-corrected chi connectivity index (χ0v) is 16.8. The Kier molecular flexibility index (Phi) is 7.85. The van der Waals surface area contributed by atoms with Gasteiger partial charge in [0.15, 0.2) is 0 Å². The molecule has 0 saturated carbocycles. The summed E-state index contributed by atoms with van der Waals surface area (Å²) in [4.78, 5) is 12.5. The van der Waals surface area contributed by atoms with Gasteiger partial charge in [-0.3, -0.25) is 9.10 Å². The van der Waals surface area contributed by atoms with Crippen LogP contribution in [0.1, 0.15) is 38.7 Å². The quantitative estimate of drug-likeness (QED) is 0.630. The van der Waals surface area contributed by atoms with Crippen molar-refractivity contribution in [2.75, 3.05) is 17.4 Å². The number of carbonyl (C=O) groups is 1. The van der Waals surface area contributed by atoms with E-state index in [2.05, 4.69) is 12.2 Å². The number of nitrogens with one attached hydrogen (secondary N) is 1. The Balaban J connectivity index is 2.27. The molecule has 0 atom stereocenters. The van der Waals surface area contributed by atoms with E-state index in [0.29, 0.717) is 12.2 Å². The van der Waals surface area contributed by atoms with Gasteiger partial charge in [-0.1, -0.05) is 57.0 Å². The number of hydrogen-bond acceptors (Lipinski definition) is 3. The third kappa shape index (κ3) is 5.82. The van der Waals surface area contributed by atoms with Crippen LogP contribution in [0.15, 0.2) is 59.5 Å². The van der Waals surface area contributed by atoms with Crippen LogP contribution in [0.25, 0.3) is 0 Å². The molecule has 0 fully saturated rings. The Labute approximate surface area is 162 Å². The molecule has 2 aromatic rings. The molecular weight excluding hydrogens is 360 g/mol. The van der Waals surface area contributed by atoms with E-state index in [9.17, 15) is 13.2 Å². The van der Waals surface area contributed by atoms with Crippen molar-refractivity contribution < 1.29 is 13.2 Å². The summed E-state index contributed by atoms with van der Waals surface area (Å²) in [6, 6.07) is 15.5. The van der Waals surface area contributed by atoms with Gasteiger partial charge in [0.05, 0.1) is 10.6 Å². The molecule has 0 aliphatic rings. The van der Waals surface area contributed by atoms with E-state index in [1.165, 1.54) is 4.31 Å². The molecule has 2 aromatic carbocycles. The molecule has 0 radical (unpaired) electrons. The predicted molar refractivity (Wildman–Crippen MR) is 109 cm³/mol. The largest absolute Gasteiger partial charge is 0.355 e. The van der Waals surface area contributed by atoms with Crippen LogP contribution in [0.2, 0.25) is 0 Å². The van der Waals surface area contributed by atoms with Crippen LogP contribution in [-0.2, 0) is 21.2 Å². The first kappa shape index (κ1) is 21.0. The van der Waals surface area contributed by atoms with Crippen molar-refractivity contribution in [3.63, 3.8) is 0 Å². The number of rotatable bonds is 10. The molecule has 1 N–H and O–H groups in total. The number of benzene rings is 2. The fraction of sp³-hybridized carbons (Fsp3) is 0.381. The average molecular weight is 389 g/mol. The Morgan fingerprint density at radius 2 is 1.63 bits per heavy atom. The molecule has 27 heavy (non-hydrogen) atoms. The van der Waals surface area contributed by atoms with Gasteiger partial charge in [0.25, 0.3) is 10.0 Å². The number of sulfonamides is 1. The van der Waals surface area contributed by atoms with E-state index in [1.54, 1.807) is 42.5 Å². The number of anilines is 1. The summed E-state index contributed by atoms with van der Waals surface area (Å²) >= 11 is 0. The minimum Gasteiger partial charge on any atom is -0.355 e. The van der Waals surface area contributed by atoms with Crippen LogP contribution in [0.3, 0.4) is 0 Å². The van der Waals surface area contributed by atoms with E-state index in [0.717, 1.165) is 31.2 Å². The molecule has 146 valence electrons. The van der Waals surface area contributed by atoms with Crippen molar-refractivity contribution >= 4 is 21.6 Å². The predicted octanol–water partition coefficient (Wildman–Crippen LogP) is 3.75. The molecule has 6 heteroatoms. The van der Waals surface area contributed by atoms with Crippen molar-refractivity contribution in [2.24, 2.45) is 0 Å². The molecule has 1 amide bonds. The van der Waals surface area contributed by atoms with Crippen molar-refractivity contribution in [3.05, 3.63) is 60.2 Å². The van der Waals surface area contributed by atoms with Gasteiger partial charge in [-0.25, -0.2) is 8.42 Å². The minimum atomic E-state index is -3.83. The molecule has 5 nitrogen and oxygen atoms in total. The van der Waals surface area contributed by atoms with Crippen molar-refractivity contribution in [2.45, 2.75) is 44.4 Å². The van der Waals surface area contributed by atoms with Gasteiger partial charge in [-0.2, -0.15) is 0 Å². The summed E-state index contributed by atoms with van der Waals surface area (Å²) in [5.41, 5.74) is 1.60. The van der Waals surface area contributed by atoms with Gasteiger partial charge in [0.1, 0.15) is 6.54 Å². The fourth-order valence-electron chi connectivity index (χ4n) is 2.72. The number of unbranched alkanes of at least 4 members (excludes halogenated alkanes) is 2. The Morgan fingerprint density at radius 1 is 0.963 bits per heavy atom. The molecule has 0 unspecified atom stereocenters. The average Bonchev–Trinajstić information content (AvgIpc) is 2.70. The molecule has 0 aromatic heterocycles. The van der Waals surface area contributed by atoms with E-state index < -0.39 is 10.0 Å². The van der Waals surface area contributed by atoms with Crippen LogP contribution in [-0.4, -0.2) is 27.4 Å². The summed E-state index contributed by atoms with van der Waals surface area (Å²) < 4.78 is 27.5. The zero-order valence-electron chi connectivity index (χ0n) is 16.0. The lowest BCUT2D eigenvalue weighted by Crippen LogP contribution is -2.41. The molecular formula is C21H28N2O3S. The lowest BCUT2D eigenvalue weighted by molar-refractivity contribution is -0.119. The van der Waals surface area contributed by atoms with E-state index in [-0.39, 0.29) is 17.3 Å². The SMILES string of the molecule is CCCCCNC(=O)CN(c1ccc(CC)cc1)S(=O)(=O)c1ccccc1. The first-order valence-electron chi connectivity index (χ1n) is 9.42. The molecule has 0 saturated heterocycles. The Bertz CT molecular complexity index is 818. The van der Waals surface area contributed by atoms with Gasteiger partial charge in [-0.15, -0.1) is 0 Å². The smallest absolute Gasteiger partial charge is 0.264 e. The highest BCUT2D eigenvalue weighted by Gasteiger charge is 2.26. The second-order valence-corrected chi connectivity index (χ2v) is 8.26. The monoisotopic (exact) mass is 388 g/mol. The number of aryl methyl sites for hydroxylation is 1. The second kappa shape index (κ2) is 10.1. The van der Waals surface area contributed by atoms with Crippen molar-refractivity contribution in [3.8, 4) is 0 Å². The summed E-state index contributed by atoms with van der Waals surface area (Å²) in [5, 5.41) is 2.82. The number of nitrogens with zero attached hydrogens (tertiary/aromatic N) is 1. The number of carbonyl (C=O) groups excluding carboxylic acids is 1. The third-order valence-corrected chi connectivity index (χ3v) is 6.14. The highest BCUT2D eigenvalue weighted by molar-refractivity contribution is 7.92. The Morgan fingerprint density at radius 3 is 2.22 bits per heavy atom. The van der Waals surface area contributed by atoms with Gasteiger partial charge in [0.2, 0.25) is 5.91 Å². The fourth-order valence-corrected chi connectivity index (χ4v) is 4.16. The van der Waals surface area contributed by atoms with E-state index >= 15 is 0 Å². The molecule has 2 rings (SSSR count). The van der Waals surface area contributed by atoms with Crippen molar-refractivity contribution in [1.82, 2.24) is 5.32 Å². The number of hydrogen-bond donors (Lipinski definition) is 1. The maximum absolute atomic E-state index is 13.1. The minimum absolute atomic E-state index is 0.170. The maximum atomic E-state index is 13.1. The van der Waals surface area contributed by atoms with Gasteiger partial charge in [-0.05, 0) is 42.7 Å². The second-order valence-electron chi connectivity index (χ2n) is 6.40. The van der Waals surface area contributed by atoms with Crippen LogP contribution in [0.5, 0.6) is 0 Å².